The summed E-state index contributed by atoms with van der Waals surface area (Å²) in [4.78, 5) is 10.0. The minimum absolute atomic E-state index is 0. The molecule has 2 aliphatic heterocycles. The van der Waals surface area contributed by atoms with Gasteiger partial charge in [-0.05, 0) is 45.7 Å². The van der Waals surface area contributed by atoms with E-state index in [0.29, 0.717) is 29.5 Å². The molecule has 0 aromatic heterocycles. The third-order valence-electron chi connectivity index (χ3n) is 7.67. The molecule has 0 bridgehead atoms. The Morgan fingerprint density at radius 1 is 1.19 bits per heavy atom. The predicted octanol–water partition coefficient (Wildman–Crippen LogP) is 3.33. The van der Waals surface area contributed by atoms with Gasteiger partial charge in [0, 0.05) is 49.7 Å². The van der Waals surface area contributed by atoms with Crippen LogP contribution in [0.2, 0.25) is 0 Å². The van der Waals surface area contributed by atoms with Gasteiger partial charge in [0.2, 0.25) is 0 Å². The van der Waals surface area contributed by atoms with Crippen molar-refractivity contribution in [3.05, 3.63) is 0 Å². The first kappa shape index (κ1) is 21.6. The number of likely N-dealkylation sites (tertiary alicyclic amines) is 1. The van der Waals surface area contributed by atoms with E-state index in [1.165, 1.54) is 44.5 Å². The zero-order valence-corrected chi connectivity index (χ0v) is 19.8. The second kappa shape index (κ2) is 9.16. The van der Waals surface area contributed by atoms with Crippen LogP contribution in [0.3, 0.4) is 0 Å². The molecule has 1 spiro atoms. The average Bonchev–Trinajstić information content (AvgIpc) is 3.38. The zero-order valence-electron chi connectivity index (χ0n) is 17.5. The van der Waals surface area contributed by atoms with Crippen LogP contribution in [0.1, 0.15) is 59.3 Å². The van der Waals surface area contributed by atoms with Gasteiger partial charge in [0.1, 0.15) is 0 Å². The Hall–Kier alpha value is -0.0800. The van der Waals surface area contributed by atoms with Crippen molar-refractivity contribution in [1.29, 1.82) is 0 Å². The largest absolute Gasteiger partial charge is 0.377 e. The molecular weight excluding hydrogens is 451 g/mol. The molecule has 0 aromatic carbocycles. The van der Waals surface area contributed by atoms with Crippen molar-refractivity contribution >= 4 is 29.9 Å². The number of halogens is 1. The summed E-state index contributed by atoms with van der Waals surface area (Å²) < 4.78 is 6.16. The first-order chi connectivity index (χ1) is 12.7. The van der Waals surface area contributed by atoms with Crippen LogP contribution in [-0.4, -0.2) is 73.3 Å². The minimum atomic E-state index is 0. The van der Waals surface area contributed by atoms with Crippen LogP contribution < -0.4 is 5.32 Å². The Kier molecular flexibility index (Phi) is 7.34. The Labute approximate surface area is 182 Å². The molecule has 2 heterocycles. The molecule has 156 valence electrons. The summed E-state index contributed by atoms with van der Waals surface area (Å²) in [6, 6.07) is 1.26. The van der Waals surface area contributed by atoms with Crippen molar-refractivity contribution in [1.82, 2.24) is 15.1 Å². The fraction of sp³-hybridized carbons (Fsp3) is 0.952. The van der Waals surface area contributed by atoms with E-state index in [4.69, 9.17) is 9.73 Å². The molecule has 1 N–H and O–H groups in total. The molecule has 2 saturated heterocycles. The Balaban J connectivity index is 0.00000210. The van der Waals surface area contributed by atoms with Crippen molar-refractivity contribution in [2.24, 2.45) is 16.3 Å². The topological polar surface area (TPSA) is 40.1 Å². The summed E-state index contributed by atoms with van der Waals surface area (Å²) >= 11 is 0. The quantitative estimate of drug-likeness (QED) is 0.365. The zero-order chi connectivity index (χ0) is 18.1. The normalized spacial score (nSPS) is 34.7. The lowest BCUT2D eigenvalue weighted by atomic mass is 9.54. The highest BCUT2D eigenvalue weighted by atomic mass is 127. The lowest BCUT2D eigenvalue weighted by Gasteiger charge is -2.57. The number of rotatable bonds is 5. The summed E-state index contributed by atoms with van der Waals surface area (Å²) in [5, 5.41) is 3.97. The van der Waals surface area contributed by atoms with Gasteiger partial charge in [-0.1, -0.05) is 26.7 Å². The third-order valence-corrected chi connectivity index (χ3v) is 7.67. The Bertz CT molecular complexity index is 518. The SMILES string of the molecule is CCN=C(NC1C2CCOC2C12CCCC2)N1CCC(N(CC)CC)C1.I. The molecular formula is C21H39IN4O. The van der Waals surface area contributed by atoms with Gasteiger partial charge < -0.3 is 15.0 Å². The number of hydrogen-bond acceptors (Lipinski definition) is 3. The van der Waals surface area contributed by atoms with Crippen LogP contribution in [-0.2, 0) is 4.74 Å². The average molecular weight is 490 g/mol. The van der Waals surface area contributed by atoms with Gasteiger partial charge in [-0.15, -0.1) is 24.0 Å². The number of guanidine groups is 1. The van der Waals surface area contributed by atoms with Gasteiger partial charge in [-0.3, -0.25) is 9.89 Å². The van der Waals surface area contributed by atoms with Crippen LogP contribution in [0.15, 0.2) is 4.99 Å². The lowest BCUT2D eigenvalue weighted by molar-refractivity contribution is -0.125. The van der Waals surface area contributed by atoms with Crippen LogP contribution in [0.5, 0.6) is 0 Å². The lowest BCUT2D eigenvalue weighted by Crippen LogP contribution is -2.69. The van der Waals surface area contributed by atoms with Crippen LogP contribution in [0, 0.1) is 11.3 Å². The molecule has 4 aliphatic rings. The molecule has 0 amide bonds. The predicted molar refractivity (Wildman–Crippen MR) is 122 cm³/mol. The molecule has 4 unspecified atom stereocenters. The maximum Gasteiger partial charge on any atom is 0.194 e. The molecule has 2 saturated carbocycles. The Morgan fingerprint density at radius 3 is 2.59 bits per heavy atom. The van der Waals surface area contributed by atoms with Gasteiger partial charge in [0.05, 0.1) is 6.10 Å². The standard InChI is InChI=1S/C21H38N4O.HI/c1-4-22-20(25-13-9-16(15-25)24(5-2)6-3)23-18-17-10-14-26-19(17)21(18)11-7-8-12-21;/h16-19H,4-15H2,1-3H3,(H,22,23);1H. The summed E-state index contributed by atoms with van der Waals surface area (Å²) in [5.41, 5.74) is 0.397. The molecule has 2 aliphatic carbocycles. The molecule has 6 heteroatoms. The first-order valence-corrected chi connectivity index (χ1v) is 11.1. The van der Waals surface area contributed by atoms with Gasteiger partial charge >= 0.3 is 0 Å². The van der Waals surface area contributed by atoms with E-state index in [2.05, 4.69) is 35.9 Å². The van der Waals surface area contributed by atoms with Crippen molar-refractivity contribution in [2.75, 3.05) is 39.3 Å². The monoisotopic (exact) mass is 490 g/mol. The van der Waals surface area contributed by atoms with E-state index in [-0.39, 0.29) is 24.0 Å². The summed E-state index contributed by atoms with van der Waals surface area (Å²) in [7, 11) is 0. The van der Waals surface area contributed by atoms with E-state index in [1.807, 2.05) is 0 Å². The fourth-order valence-electron chi connectivity index (χ4n) is 6.40. The van der Waals surface area contributed by atoms with Crippen LogP contribution >= 0.6 is 24.0 Å². The molecule has 4 rings (SSSR count). The van der Waals surface area contributed by atoms with E-state index in [9.17, 15) is 0 Å². The number of fused-ring (bicyclic) bond motifs is 2. The molecule has 0 aromatic rings. The van der Waals surface area contributed by atoms with Crippen LogP contribution in [0.4, 0.5) is 0 Å². The highest BCUT2D eigenvalue weighted by molar-refractivity contribution is 14.0. The van der Waals surface area contributed by atoms with Crippen molar-refractivity contribution < 1.29 is 4.74 Å². The number of aliphatic imine (C=N–C) groups is 1. The second-order valence-corrected chi connectivity index (χ2v) is 8.71. The van der Waals surface area contributed by atoms with E-state index in [0.717, 1.165) is 39.3 Å². The molecule has 4 fully saturated rings. The van der Waals surface area contributed by atoms with Gasteiger partial charge in [0.15, 0.2) is 5.96 Å². The van der Waals surface area contributed by atoms with E-state index >= 15 is 0 Å². The second-order valence-electron chi connectivity index (χ2n) is 8.71. The summed E-state index contributed by atoms with van der Waals surface area (Å²) in [5.74, 6) is 1.88. The number of hydrogen-bond donors (Lipinski definition) is 1. The summed E-state index contributed by atoms with van der Waals surface area (Å²) in [6.45, 7) is 13.1. The van der Waals surface area contributed by atoms with Crippen molar-refractivity contribution in [2.45, 2.75) is 77.5 Å². The summed E-state index contributed by atoms with van der Waals surface area (Å²) in [6.07, 6.45) is 8.44. The molecule has 0 radical (unpaired) electrons. The highest BCUT2D eigenvalue weighted by Gasteiger charge is 2.65. The smallest absolute Gasteiger partial charge is 0.194 e. The van der Waals surface area contributed by atoms with Gasteiger partial charge in [-0.2, -0.15) is 0 Å². The molecule has 27 heavy (non-hydrogen) atoms. The maximum atomic E-state index is 6.16. The minimum Gasteiger partial charge on any atom is -0.377 e. The fourth-order valence-corrected chi connectivity index (χ4v) is 6.40. The molecule has 4 atom stereocenters. The van der Waals surface area contributed by atoms with Crippen molar-refractivity contribution in [3.8, 4) is 0 Å². The van der Waals surface area contributed by atoms with E-state index in [1.54, 1.807) is 0 Å². The number of nitrogens with zero attached hydrogens (tertiary/aromatic N) is 3. The highest BCUT2D eigenvalue weighted by Crippen LogP contribution is 2.60. The number of likely N-dealkylation sites (N-methyl/N-ethyl adjacent to an activating group) is 1. The first-order valence-electron chi connectivity index (χ1n) is 11.1. The third kappa shape index (κ3) is 3.75. The maximum absolute atomic E-state index is 6.16. The van der Waals surface area contributed by atoms with Crippen LogP contribution in [0.25, 0.3) is 0 Å². The van der Waals surface area contributed by atoms with Crippen molar-refractivity contribution in [3.63, 3.8) is 0 Å². The number of nitrogens with one attached hydrogen (secondary N) is 1. The molecule has 5 nitrogen and oxygen atoms in total. The van der Waals surface area contributed by atoms with Gasteiger partial charge in [0.25, 0.3) is 0 Å². The van der Waals surface area contributed by atoms with Gasteiger partial charge in [-0.25, -0.2) is 0 Å². The van der Waals surface area contributed by atoms with E-state index < -0.39 is 0 Å². The Morgan fingerprint density at radius 2 is 1.93 bits per heavy atom. The number of ether oxygens (including phenoxy) is 1.